The molecule has 0 unspecified atom stereocenters. The molecule has 1 heterocycles. The highest BCUT2D eigenvalue weighted by Gasteiger charge is 2.19. The number of halogens is 1. The number of nitrogens with one attached hydrogen (secondary N) is 2. The maximum absolute atomic E-state index is 13.6. The first-order valence-electron chi connectivity index (χ1n) is 10.2. The summed E-state index contributed by atoms with van der Waals surface area (Å²) in [5.74, 6) is 1.06. The Morgan fingerprint density at radius 1 is 1.07 bits per heavy atom. The van der Waals surface area contributed by atoms with Crippen LogP contribution in [0.3, 0.4) is 0 Å². The molecule has 1 aromatic heterocycles. The molecule has 0 spiro atoms. The molecule has 3 aromatic rings. The van der Waals surface area contributed by atoms with Gasteiger partial charge >= 0.3 is 0 Å². The van der Waals surface area contributed by atoms with Crippen LogP contribution in [0.2, 0.25) is 0 Å². The van der Waals surface area contributed by atoms with Gasteiger partial charge < -0.3 is 19.8 Å². The van der Waals surface area contributed by atoms with Crippen molar-refractivity contribution in [2.45, 2.75) is 39.7 Å². The molecule has 5 heteroatoms. The van der Waals surface area contributed by atoms with Crippen LogP contribution in [0.15, 0.2) is 48.7 Å². The van der Waals surface area contributed by atoms with Gasteiger partial charge in [0.15, 0.2) is 11.5 Å². The molecule has 2 aromatic carbocycles. The average Bonchev–Trinajstić information content (AvgIpc) is 3.07. The van der Waals surface area contributed by atoms with E-state index in [0.29, 0.717) is 37.2 Å². The fourth-order valence-electron chi connectivity index (χ4n) is 3.34. The number of fused-ring (bicyclic) bond motifs is 1. The first-order chi connectivity index (χ1) is 13.8. The monoisotopic (exact) mass is 398 g/mol. The first-order valence-corrected chi connectivity index (χ1v) is 10.2. The molecule has 0 aliphatic carbocycles. The lowest BCUT2D eigenvalue weighted by Crippen LogP contribution is -2.43. The second-order valence-corrected chi connectivity index (χ2v) is 8.49. The van der Waals surface area contributed by atoms with Crippen molar-refractivity contribution in [3.05, 3.63) is 60.0 Å². The molecule has 0 aliphatic heterocycles. The first kappa shape index (κ1) is 21.2. The minimum atomic E-state index is -0.325. The average molecular weight is 399 g/mol. The van der Waals surface area contributed by atoms with Crippen LogP contribution in [0, 0.1) is 11.7 Å². The topological polar surface area (TPSA) is 46.3 Å². The summed E-state index contributed by atoms with van der Waals surface area (Å²) in [6.07, 6.45) is 2.98. The number of aromatic amines is 1. The second-order valence-electron chi connectivity index (χ2n) is 8.49. The smallest absolute Gasteiger partial charge is 0.164 e. The van der Waals surface area contributed by atoms with E-state index in [0.717, 1.165) is 11.9 Å². The van der Waals surface area contributed by atoms with Crippen molar-refractivity contribution in [3.63, 3.8) is 0 Å². The fraction of sp³-hybridized carbons (Fsp3) is 0.417. The van der Waals surface area contributed by atoms with Crippen molar-refractivity contribution in [2.24, 2.45) is 5.92 Å². The van der Waals surface area contributed by atoms with Crippen molar-refractivity contribution in [2.75, 3.05) is 19.8 Å². The van der Waals surface area contributed by atoms with Crippen LogP contribution in [0.25, 0.3) is 10.9 Å². The van der Waals surface area contributed by atoms with Gasteiger partial charge in [-0.3, -0.25) is 0 Å². The quantitative estimate of drug-likeness (QED) is 0.454. The lowest BCUT2D eigenvalue weighted by Gasteiger charge is -2.26. The molecule has 0 radical (unpaired) electrons. The zero-order valence-corrected chi connectivity index (χ0v) is 17.7. The Kier molecular flexibility index (Phi) is 6.80. The Morgan fingerprint density at radius 2 is 1.86 bits per heavy atom. The van der Waals surface area contributed by atoms with E-state index in [9.17, 15) is 4.39 Å². The van der Waals surface area contributed by atoms with Gasteiger partial charge in [-0.2, -0.15) is 0 Å². The maximum atomic E-state index is 13.6. The number of H-pyrrole nitrogens is 1. The van der Waals surface area contributed by atoms with Crippen LogP contribution in [-0.2, 0) is 6.42 Å². The maximum Gasteiger partial charge on any atom is 0.164 e. The molecular weight excluding hydrogens is 367 g/mol. The van der Waals surface area contributed by atoms with Gasteiger partial charge in [0.25, 0.3) is 0 Å². The molecule has 3 rings (SSSR count). The second kappa shape index (κ2) is 9.31. The molecule has 29 heavy (non-hydrogen) atoms. The summed E-state index contributed by atoms with van der Waals surface area (Å²) < 4.78 is 25.1. The number of rotatable bonds is 10. The van der Waals surface area contributed by atoms with E-state index in [1.54, 1.807) is 6.07 Å². The van der Waals surface area contributed by atoms with Crippen LogP contribution in [-0.4, -0.2) is 30.3 Å². The van der Waals surface area contributed by atoms with E-state index in [1.165, 1.54) is 23.1 Å². The predicted octanol–water partition coefficient (Wildman–Crippen LogP) is 5.33. The van der Waals surface area contributed by atoms with Crippen LogP contribution >= 0.6 is 0 Å². The standard InChI is InChI=1S/C24H31FN2O2/c1-17(2)16-29-23-13-19(25)9-10-22(23)28-12-11-27-24(3,4)14-18-15-26-21-8-6-5-7-20(18)21/h5-10,13,15,17,26-27H,11-12,14,16H2,1-4H3. The van der Waals surface area contributed by atoms with Crippen LogP contribution in [0.1, 0.15) is 33.3 Å². The van der Waals surface area contributed by atoms with Crippen molar-refractivity contribution in [1.29, 1.82) is 0 Å². The predicted molar refractivity (Wildman–Crippen MR) is 116 cm³/mol. The van der Waals surface area contributed by atoms with Gasteiger partial charge in [-0.05, 0) is 49.9 Å². The molecule has 2 N–H and O–H groups in total. The highest BCUT2D eigenvalue weighted by molar-refractivity contribution is 5.83. The summed E-state index contributed by atoms with van der Waals surface area (Å²) in [7, 11) is 0. The summed E-state index contributed by atoms with van der Waals surface area (Å²) in [5.41, 5.74) is 2.36. The molecule has 0 fully saturated rings. The van der Waals surface area contributed by atoms with E-state index in [-0.39, 0.29) is 11.4 Å². The van der Waals surface area contributed by atoms with E-state index < -0.39 is 0 Å². The normalized spacial score (nSPS) is 11.9. The number of aromatic nitrogens is 1. The van der Waals surface area contributed by atoms with E-state index >= 15 is 0 Å². The van der Waals surface area contributed by atoms with Crippen molar-refractivity contribution < 1.29 is 13.9 Å². The van der Waals surface area contributed by atoms with Crippen molar-refractivity contribution in [1.82, 2.24) is 10.3 Å². The molecule has 0 saturated heterocycles. The number of benzene rings is 2. The molecule has 0 amide bonds. The third-order valence-electron chi connectivity index (χ3n) is 4.75. The molecule has 0 atom stereocenters. The highest BCUT2D eigenvalue weighted by atomic mass is 19.1. The Labute approximate surface area is 172 Å². The zero-order valence-electron chi connectivity index (χ0n) is 17.7. The minimum Gasteiger partial charge on any atom is -0.489 e. The molecule has 0 saturated carbocycles. The summed E-state index contributed by atoms with van der Waals surface area (Å²) >= 11 is 0. The van der Waals surface area contributed by atoms with Gasteiger partial charge in [0.1, 0.15) is 12.4 Å². The van der Waals surface area contributed by atoms with Gasteiger partial charge in [-0.25, -0.2) is 4.39 Å². The summed E-state index contributed by atoms with van der Waals surface area (Å²) in [6, 6.07) is 12.7. The van der Waals surface area contributed by atoms with Gasteiger partial charge in [0, 0.05) is 35.2 Å². The van der Waals surface area contributed by atoms with Crippen LogP contribution in [0.5, 0.6) is 11.5 Å². The van der Waals surface area contributed by atoms with E-state index in [2.05, 4.69) is 62.4 Å². The van der Waals surface area contributed by atoms with E-state index in [1.807, 2.05) is 6.07 Å². The Bertz CT molecular complexity index is 934. The molecule has 0 aliphatic rings. The summed E-state index contributed by atoms with van der Waals surface area (Å²) in [4.78, 5) is 3.33. The summed E-state index contributed by atoms with van der Waals surface area (Å²) in [6.45, 7) is 10.2. The van der Waals surface area contributed by atoms with Gasteiger partial charge in [-0.15, -0.1) is 0 Å². The Morgan fingerprint density at radius 3 is 2.66 bits per heavy atom. The highest BCUT2D eigenvalue weighted by Crippen LogP contribution is 2.28. The molecule has 0 bridgehead atoms. The van der Waals surface area contributed by atoms with Gasteiger partial charge in [0.05, 0.1) is 6.61 Å². The van der Waals surface area contributed by atoms with E-state index in [4.69, 9.17) is 9.47 Å². The SMILES string of the molecule is CC(C)COc1cc(F)ccc1OCCNC(C)(C)Cc1c[nH]c2ccccc12. The third-order valence-corrected chi connectivity index (χ3v) is 4.75. The van der Waals surface area contributed by atoms with Crippen molar-refractivity contribution >= 4 is 10.9 Å². The number of hydrogen-bond acceptors (Lipinski definition) is 3. The van der Waals surface area contributed by atoms with Gasteiger partial charge in [-0.1, -0.05) is 32.0 Å². The fourth-order valence-corrected chi connectivity index (χ4v) is 3.34. The largest absolute Gasteiger partial charge is 0.489 e. The van der Waals surface area contributed by atoms with Crippen LogP contribution in [0.4, 0.5) is 4.39 Å². The number of ether oxygens (including phenoxy) is 2. The van der Waals surface area contributed by atoms with Crippen LogP contribution < -0.4 is 14.8 Å². The lowest BCUT2D eigenvalue weighted by atomic mass is 9.94. The Hall–Kier alpha value is -2.53. The molecule has 156 valence electrons. The number of hydrogen-bond donors (Lipinski definition) is 2. The van der Waals surface area contributed by atoms with Crippen molar-refractivity contribution in [3.8, 4) is 11.5 Å². The molecular formula is C24H31FN2O2. The third kappa shape index (κ3) is 5.97. The zero-order chi connectivity index (χ0) is 20.9. The summed E-state index contributed by atoms with van der Waals surface area (Å²) in [5, 5.41) is 4.82. The number of para-hydroxylation sites is 1. The van der Waals surface area contributed by atoms with Gasteiger partial charge in [0.2, 0.25) is 0 Å². The lowest BCUT2D eigenvalue weighted by molar-refractivity contribution is 0.236. The molecule has 4 nitrogen and oxygen atoms in total. The Balaban J connectivity index is 1.53. The minimum absolute atomic E-state index is 0.0892.